The van der Waals surface area contributed by atoms with Crippen LogP contribution in [-0.2, 0) is 9.53 Å². The Labute approximate surface area is 91.5 Å². The van der Waals surface area contributed by atoms with E-state index in [1.165, 1.54) is 12.8 Å². The van der Waals surface area contributed by atoms with Crippen molar-refractivity contribution in [1.29, 1.82) is 0 Å². The van der Waals surface area contributed by atoms with Gasteiger partial charge in [-0.3, -0.25) is 4.79 Å². The molecule has 88 valence electrons. The Balaban J connectivity index is 2.22. The van der Waals surface area contributed by atoms with Crippen LogP contribution in [0.25, 0.3) is 0 Å². The van der Waals surface area contributed by atoms with Crippen LogP contribution in [0.3, 0.4) is 0 Å². The molecule has 1 aliphatic rings. The molecule has 0 heterocycles. The molecule has 0 bridgehead atoms. The summed E-state index contributed by atoms with van der Waals surface area (Å²) in [6.45, 7) is 6.43. The third-order valence-corrected chi connectivity index (χ3v) is 2.43. The Morgan fingerprint density at radius 3 is 2.53 bits per heavy atom. The Morgan fingerprint density at radius 1 is 1.53 bits per heavy atom. The highest BCUT2D eigenvalue weighted by molar-refractivity contribution is 5.77. The number of carbonyl (C=O) groups excluding carboxylic acids is 1. The van der Waals surface area contributed by atoms with Gasteiger partial charge in [0.05, 0.1) is 5.60 Å². The number of hydrogen-bond acceptors (Lipinski definition) is 3. The van der Waals surface area contributed by atoms with Crippen LogP contribution >= 0.6 is 0 Å². The quantitative estimate of drug-likeness (QED) is 0.706. The van der Waals surface area contributed by atoms with Crippen molar-refractivity contribution in [2.75, 3.05) is 13.2 Å². The molecule has 1 unspecified atom stereocenters. The summed E-state index contributed by atoms with van der Waals surface area (Å²) < 4.78 is 5.38. The van der Waals surface area contributed by atoms with E-state index in [-0.39, 0.29) is 24.2 Å². The van der Waals surface area contributed by atoms with Crippen LogP contribution in [-0.4, -0.2) is 30.7 Å². The van der Waals surface area contributed by atoms with Gasteiger partial charge in [0.2, 0.25) is 5.91 Å². The smallest absolute Gasteiger partial charge is 0.246 e. The predicted molar refractivity (Wildman–Crippen MR) is 59.4 cm³/mol. The Morgan fingerprint density at radius 2 is 2.13 bits per heavy atom. The zero-order valence-corrected chi connectivity index (χ0v) is 9.88. The Kier molecular flexibility index (Phi) is 4.11. The third kappa shape index (κ3) is 5.14. The van der Waals surface area contributed by atoms with Crippen molar-refractivity contribution in [3.63, 3.8) is 0 Å². The lowest BCUT2D eigenvalue weighted by atomic mass is 10.2. The molecule has 4 nitrogen and oxygen atoms in total. The molecule has 4 heteroatoms. The van der Waals surface area contributed by atoms with Crippen LogP contribution in [0.1, 0.15) is 33.6 Å². The summed E-state index contributed by atoms with van der Waals surface area (Å²) >= 11 is 0. The monoisotopic (exact) mass is 214 g/mol. The highest BCUT2D eigenvalue weighted by atomic mass is 16.5. The van der Waals surface area contributed by atoms with Crippen LogP contribution in [0, 0.1) is 5.92 Å². The topological polar surface area (TPSA) is 64.3 Å². The second-order valence-corrected chi connectivity index (χ2v) is 5.15. The van der Waals surface area contributed by atoms with Gasteiger partial charge in [0.15, 0.2) is 0 Å². The van der Waals surface area contributed by atoms with Gasteiger partial charge in [0, 0.05) is 12.6 Å². The average molecular weight is 214 g/mol. The summed E-state index contributed by atoms with van der Waals surface area (Å²) in [7, 11) is 0. The van der Waals surface area contributed by atoms with Crippen molar-refractivity contribution < 1.29 is 9.53 Å². The van der Waals surface area contributed by atoms with Crippen molar-refractivity contribution in [3.8, 4) is 0 Å². The van der Waals surface area contributed by atoms with Crippen molar-refractivity contribution >= 4 is 5.91 Å². The van der Waals surface area contributed by atoms with Crippen LogP contribution < -0.4 is 11.1 Å². The second kappa shape index (κ2) is 4.94. The number of rotatable bonds is 5. The Bertz CT molecular complexity index is 219. The van der Waals surface area contributed by atoms with Crippen molar-refractivity contribution in [2.24, 2.45) is 11.7 Å². The highest BCUT2D eigenvalue weighted by Crippen LogP contribution is 2.32. The first-order valence-corrected chi connectivity index (χ1v) is 5.56. The molecule has 1 fully saturated rings. The molecule has 1 aliphatic carbocycles. The normalized spacial score (nSPS) is 18.7. The summed E-state index contributed by atoms with van der Waals surface area (Å²) in [5.41, 5.74) is 5.32. The fourth-order valence-electron chi connectivity index (χ4n) is 1.40. The van der Waals surface area contributed by atoms with Gasteiger partial charge in [-0.05, 0) is 39.5 Å². The molecule has 0 saturated heterocycles. The van der Waals surface area contributed by atoms with E-state index in [1.807, 2.05) is 20.8 Å². The zero-order chi connectivity index (χ0) is 11.5. The number of ether oxygens (including phenoxy) is 1. The lowest BCUT2D eigenvalue weighted by Gasteiger charge is -2.21. The van der Waals surface area contributed by atoms with Gasteiger partial charge in [0.25, 0.3) is 0 Å². The SMILES string of the molecule is CC(C)(C)OCC(=O)NC(CN)C1CC1. The lowest BCUT2D eigenvalue weighted by Crippen LogP contribution is -2.44. The standard InChI is InChI=1S/C11H22N2O2/c1-11(2,3)15-7-10(14)13-9(6-12)8-4-5-8/h8-9H,4-7,12H2,1-3H3,(H,13,14). The summed E-state index contributed by atoms with van der Waals surface area (Å²) in [5, 5.41) is 2.91. The summed E-state index contributed by atoms with van der Waals surface area (Å²) in [6, 6.07) is 0.140. The molecule has 1 atom stereocenters. The molecule has 1 amide bonds. The molecule has 3 N–H and O–H groups in total. The number of carbonyl (C=O) groups is 1. The van der Waals surface area contributed by atoms with Gasteiger partial charge < -0.3 is 15.8 Å². The summed E-state index contributed by atoms with van der Waals surface area (Å²) in [6.07, 6.45) is 2.37. The molecule has 0 aromatic carbocycles. The fraction of sp³-hybridized carbons (Fsp3) is 0.909. The van der Waals surface area contributed by atoms with Crippen LogP contribution in [0.2, 0.25) is 0 Å². The van der Waals surface area contributed by atoms with E-state index >= 15 is 0 Å². The van der Waals surface area contributed by atoms with Gasteiger partial charge >= 0.3 is 0 Å². The molecular formula is C11H22N2O2. The average Bonchev–Trinajstić information content (AvgIpc) is 2.93. The molecule has 0 aromatic heterocycles. The van der Waals surface area contributed by atoms with Gasteiger partial charge in [-0.15, -0.1) is 0 Å². The van der Waals surface area contributed by atoms with E-state index in [0.29, 0.717) is 12.5 Å². The van der Waals surface area contributed by atoms with E-state index in [4.69, 9.17) is 10.5 Å². The second-order valence-electron chi connectivity index (χ2n) is 5.15. The van der Waals surface area contributed by atoms with E-state index < -0.39 is 0 Å². The zero-order valence-electron chi connectivity index (χ0n) is 9.88. The summed E-state index contributed by atoms with van der Waals surface area (Å²) in [4.78, 5) is 11.5. The molecule has 0 aliphatic heterocycles. The van der Waals surface area contributed by atoms with Crippen molar-refractivity contribution in [1.82, 2.24) is 5.32 Å². The van der Waals surface area contributed by atoms with Gasteiger partial charge in [-0.25, -0.2) is 0 Å². The number of nitrogens with two attached hydrogens (primary N) is 1. The molecule has 1 rings (SSSR count). The van der Waals surface area contributed by atoms with E-state index in [9.17, 15) is 4.79 Å². The summed E-state index contributed by atoms with van der Waals surface area (Å²) in [5.74, 6) is 0.529. The first-order valence-electron chi connectivity index (χ1n) is 5.56. The van der Waals surface area contributed by atoms with Crippen LogP contribution in [0.4, 0.5) is 0 Å². The van der Waals surface area contributed by atoms with Gasteiger partial charge in [-0.1, -0.05) is 0 Å². The molecule has 1 saturated carbocycles. The Hall–Kier alpha value is -0.610. The molecule has 0 radical (unpaired) electrons. The highest BCUT2D eigenvalue weighted by Gasteiger charge is 2.31. The maximum Gasteiger partial charge on any atom is 0.246 e. The minimum Gasteiger partial charge on any atom is -0.366 e. The van der Waals surface area contributed by atoms with E-state index in [1.54, 1.807) is 0 Å². The van der Waals surface area contributed by atoms with Crippen LogP contribution in [0.15, 0.2) is 0 Å². The molecule has 15 heavy (non-hydrogen) atoms. The predicted octanol–water partition coefficient (Wildman–Crippen LogP) is 0.655. The number of amides is 1. The first kappa shape index (κ1) is 12.5. The van der Waals surface area contributed by atoms with Crippen LogP contribution in [0.5, 0.6) is 0 Å². The maximum absolute atomic E-state index is 11.5. The minimum absolute atomic E-state index is 0.0627. The van der Waals surface area contributed by atoms with Crippen molar-refractivity contribution in [3.05, 3.63) is 0 Å². The molecule has 0 spiro atoms. The largest absolute Gasteiger partial charge is 0.366 e. The number of hydrogen-bond donors (Lipinski definition) is 2. The van der Waals surface area contributed by atoms with Crippen molar-refractivity contribution in [2.45, 2.75) is 45.3 Å². The minimum atomic E-state index is -0.269. The lowest BCUT2D eigenvalue weighted by molar-refractivity contribution is -0.131. The van der Waals surface area contributed by atoms with E-state index in [2.05, 4.69) is 5.32 Å². The number of nitrogens with one attached hydrogen (secondary N) is 1. The van der Waals surface area contributed by atoms with E-state index in [0.717, 1.165) is 0 Å². The molecule has 0 aromatic rings. The maximum atomic E-state index is 11.5. The van der Waals surface area contributed by atoms with Gasteiger partial charge in [0.1, 0.15) is 6.61 Å². The fourth-order valence-corrected chi connectivity index (χ4v) is 1.40. The van der Waals surface area contributed by atoms with Gasteiger partial charge in [-0.2, -0.15) is 0 Å². The first-order chi connectivity index (χ1) is 6.92. The molecular weight excluding hydrogens is 192 g/mol. The third-order valence-electron chi connectivity index (χ3n) is 2.43.